The van der Waals surface area contributed by atoms with E-state index in [9.17, 15) is 13.6 Å². The maximum absolute atomic E-state index is 13.2. The van der Waals surface area contributed by atoms with Crippen LogP contribution in [0, 0.1) is 0 Å². The van der Waals surface area contributed by atoms with Crippen molar-refractivity contribution in [2.24, 2.45) is 0 Å². The molecule has 0 amide bonds. The van der Waals surface area contributed by atoms with E-state index < -0.39 is 12.0 Å². The molecule has 3 heterocycles. The maximum atomic E-state index is 13.2. The van der Waals surface area contributed by atoms with Gasteiger partial charge in [0.25, 0.3) is 0 Å². The van der Waals surface area contributed by atoms with Crippen LogP contribution in [0.25, 0.3) is 16.8 Å². The number of benzene rings is 1. The van der Waals surface area contributed by atoms with Gasteiger partial charge in [0.05, 0.1) is 17.4 Å². The van der Waals surface area contributed by atoms with Crippen molar-refractivity contribution >= 4 is 5.52 Å². The van der Waals surface area contributed by atoms with Crippen LogP contribution in [-0.2, 0) is 0 Å². The summed E-state index contributed by atoms with van der Waals surface area (Å²) in [6, 6.07) is 7.93. The summed E-state index contributed by atoms with van der Waals surface area (Å²) in [5.41, 5.74) is 0.942. The lowest BCUT2D eigenvalue weighted by molar-refractivity contribution is -0.286. The third-order valence-electron chi connectivity index (χ3n) is 3.14. The summed E-state index contributed by atoms with van der Waals surface area (Å²) < 4.78 is 36.9. The van der Waals surface area contributed by atoms with E-state index in [0.29, 0.717) is 16.8 Å². The number of nitrogens with one attached hydrogen (secondary N) is 1. The molecule has 6 nitrogen and oxygen atoms in total. The second-order valence-corrected chi connectivity index (χ2v) is 4.45. The average Bonchev–Trinajstić information content (AvgIpc) is 2.96. The Kier molecular flexibility index (Phi) is 2.16. The topological polar surface area (TPSA) is 68.6 Å². The first-order chi connectivity index (χ1) is 10.0. The Bertz CT molecular complexity index is 916. The molecule has 3 aromatic rings. The van der Waals surface area contributed by atoms with Crippen molar-refractivity contribution in [3.8, 4) is 22.8 Å². The van der Waals surface area contributed by atoms with Crippen LogP contribution in [-0.4, -0.2) is 20.9 Å². The van der Waals surface area contributed by atoms with Crippen LogP contribution in [0.5, 0.6) is 11.5 Å². The van der Waals surface area contributed by atoms with E-state index >= 15 is 0 Å². The molecule has 0 spiro atoms. The lowest BCUT2D eigenvalue weighted by Gasteiger charge is -2.07. The lowest BCUT2D eigenvalue weighted by atomic mass is 10.1. The summed E-state index contributed by atoms with van der Waals surface area (Å²) in [6.07, 6.45) is -2.31. The molecule has 1 aliphatic rings. The van der Waals surface area contributed by atoms with Crippen LogP contribution in [0.2, 0.25) is 0 Å². The second-order valence-electron chi connectivity index (χ2n) is 4.45. The molecule has 1 N–H and O–H groups in total. The molecule has 1 aromatic carbocycles. The van der Waals surface area contributed by atoms with Gasteiger partial charge in [-0.25, -0.2) is 9.89 Å². The number of halogens is 2. The van der Waals surface area contributed by atoms with E-state index in [4.69, 9.17) is 0 Å². The SMILES string of the molecule is O=c1ncc2ccc(-c3cccc4c3OC(F)(F)O4)n2[nH]1. The maximum Gasteiger partial charge on any atom is 0.586 e. The Labute approximate surface area is 115 Å². The summed E-state index contributed by atoms with van der Waals surface area (Å²) in [6.45, 7) is 0. The molecule has 106 valence electrons. The Balaban J connectivity index is 1.97. The predicted molar refractivity (Wildman–Crippen MR) is 67.5 cm³/mol. The van der Waals surface area contributed by atoms with E-state index in [2.05, 4.69) is 19.6 Å². The third-order valence-corrected chi connectivity index (χ3v) is 3.14. The zero-order chi connectivity index (χ0) is 14.6. The predicted octanol–water partition coefficient (Wildman–Crippen LogP) is 2.01. The minimum Gasteiger partial charge on any atom is -0.395 e. The number of H-pyrrole nitrogens is 1. The van der Waals surface area contributed by atoms with Crippen molar-refractivity contribution in [3.05, 3.63) is 47.0 Å². The van der Waals surface area contributed by atoms with Gasteiger partial charge in [-0.3, -0.25) is 4.52 Å². The summed E-state index contributed by atoms with van der Waals surface area (Å²) >= 11 is 0. The number of aromatic amines is 1. The molecule has 0 saturated heterocycles. The molecule has 1 aliphatic heterocycles. The number of para-hydroxylation sites is 1. The molecule has 0 radical (unpaired) electrons. The number of ether oxygens (including phenoxy) is 2. The van der Waals surface area contributed by atoms with Gasteiger partial charge >= 0.3 is 12.0 Å². The molecule has 0 unspecified atom stereocenters. The van der Waals surface area contributed by atoms with Gasteiger partial charge in [0.1, 0.15) is 0 Å². The van der Waals surface area contributed by atoms with Gasteiger partial charge < -0.3 is 9.47 Å². The van der Waals surface area contributed by atoms with Crippen LogP contribution >= 0.6 is 0 Å². The molecule has 21 heavy (non-hydrogen) atoms. The molecule has 0 saturated carbocycles. The van der Waals surface area contributed by atoms with E-state index in [1.165, 1.54) is 16.8 Å². The first-order valence-electron chi connectivity index (χ1n) is 5.99. The molecular formula is C13H7F2N3O3. The van der Waals surface area contributed by atoms with Gasteiger partial charge in [0.15, 0.2) is 11.5 Å². The standard InChI is InChI=1S/C13H7F2N3O3/c14-13(15)20-10-3-1-2-8(11(10)21-13)9-5-4-7-6-16-12(19)17-18(7)9/h1-6H,(H,17,19). The molecule has 0 aliphatic carbocycles. The van der Waals surface area contributed by atoms with E-state index in [0.717, 1.165) is 0 Å². The number of hydrogen-bond donors (Lipinski definition) is 1. The van der Waals surface area contributed by atoms with Crippen molar-refractivity contribution in [3.63, 3.8) is 0 Å². The molecule has 0 bridgehead atoms. The highest BCUT2D eigenvalue weighted by atomic mass is 19.3. The molecule has 0 atom stereocenters. The molecule has 0 fully saturated rings. The van der Waals surface area contributed by atoms with E-state index in [1.54, 1.807) is 24.3 Å². The van der Waals surface area contributed by atoms with Gasteiger partial charge in [-0.2, -0.15) is 4.98 Å². The Morgan fingerprint density at radius 1 is 1.19 bits per heavy atom. The van der Waals surface area contributed by atoms with Gasteiger partial charge in [0.2, 0.25) is 0 Å². The van der Waals surface area contributed by atoms with Crippen molar-refractivity contribution in [1.29, 1.82) is 0 Å². The smallest absolute Gasteiger partial charge is 0.395 e. The number of alkyl halides is 2. The van der Waals surface area contributed by atoms with Crippen LogP contribution in [0.15, 0.2) is 41.3 Å². The van der Waals surface area contributed by atoms with Crippen LogP contribution in [0.3, 0.4) is 0 Å². The molecule has 8 heteroatoms. The summed E-state index contributed by atoms with van der Waals surface area (Å²) in [4.78, 5) is 14.9. The van der Waals surface area contributed by atoms with E-state index in [1.807, 2.05) is 0 Å². The molecule has 2 aromatic heterocycles. The first kappa shape index (κ1) is 11.9. The zero-order valence-corrected chi connectivity index (χ0v) is 10.3. The fraction of sp³-hybridized carbons (Fsp3) is 0.0769. The van der Waals surface area contributed by atoms with Gasteiger partial charge in [-0.1, -0.05) is 6.07 Å². The van der Waals surface area contributed by atoms with Gasteiger partial charge in [0, 0.05) is 5.56 Å². The van der Waals surface area contributed by atoms with Crippen molar-refractivity contribution in [1.82, 2.24) is 14.6 Å². The second kappa shape index (κ2) is 3.81. The third kappa shape index (κ3) is 1.76. The largest absolute Gasteiger partial charge is 0.586 e. The molecular weight excluding hydrogens is 284 g/mol. The van der Waals surface area contributed by atoms with Gasteiger partial charge in [-0.15, -0.1) is 8.78 Å². The monoisotopic (exact) mass is 291 g/mol. The zero-order valence-electron chi connectivity index (χ0n) is 10.3. The van der Waals surface area contributed by atoms with Crippen LogP contribution < -0.4 is 15.2 Å². The van der Waals surface area contributed by atoms with E-state index in [-0.39, 0.29) is 11.5 Å². The van der Waals surface area contributed by atoms with Crippen molar-refractivity contribution in [2.45, 2.75) is 6.29 Å². The van der Waals surface area contributed by atoms with Crippen LogP contribution in [0.4, 0.5) is 8.78 Å². The quantitative estimate of drug-likeness (QED) is 0.744. The van der Waals surface area contributed by atoms with Crippen LogP contribution in [0.1, 0.15) is 0 Å². The Hall–Kier alpha value is -2.90. The Morgan fingerprint density at radius 3 is 2.90 bits per heavy atom. The highest BCUT2D eigenvalue weighted by molar-refractivity contribution is 5.75. The lowest BCUT2D eigenvalue weighted by Crippen LogP contribution is -2.26. The van der Waals surface area contributed by atoms with Crippen molar-refractivity contribution in [2.75, 3.05) is 0 Å². The minimum atomic E-state index is -3.69. The summed E-state index contributed by atoms with van der Waals surface area (Å²) in [5.74, 6) is -0.121. The van der Waals surface area contributed by atoms with Gasteiger partial charge in [-0.05, 0) is 24.3 Å². The number of aromatic nitrogens is 3. The summed E-state index contributed by atoms with van der Waals surface area (Å²) in [5, 5.41) is 2.51. The summed E-state index contributed by atoms with van der Waals surface area (Å²) in [7, 11) is 0. The number of fused-ring (bicyclic) bond motifs is 2. The minimum absolute atomic E-state index is 0.0520. The highest BCUT2D eigenvalue weighted by Gasteiger charge is 2.44. The number of rotatable bonds is 1. The number of nitrogens with zero attached hydrogens (tertiary/aromatic N) is 2. The highest BCUT2D eigenvalue weighted by Crippen LogP contribution is 2.46. The van der Waals surface area contributed by atoms with Crippen molar-refractivity contribution < 1.29 is 18.3 Å². The fourth-order valence-corrected chi connectivity index (χ4v) is 2.31. The molecule has 4 rings (SSSR count). The average molecular weight is 291 g/mol. The number of hydrogen-bond acceptors (Lipinski definition) is 4. The first-order valence-corrected chi connectivity index (χ1v) is 5.99. The Morgan fingerprint density at radius 2 is 2.05 bits per heavy atom. The fourth-order valence-electron chi connectivity index (χ4n) is 2.31. The normalized spacial score (nSPS) is 15.5.